The lowest BCUT2D eigenvalue weighted by Gasteiger charge is -2.30. The first-order chi connectivity index (χ1) is 13.5. The summed E-state index contributed by atoms with van der Waals surface area (Å²) in [6.45, 7) is 6.04. The minimum atomic E-state index is -0.744. The monoisotopic (exact) mass is 384 g/mol. The summed E-state index contributed by atoms with van der Waals surface area (Å²) in [6, 6.07) is 17.5. The number of rotatable bonds is 9. The Morgan fingerprint density at radius 3 is 2.11 bits per heavy atom. The summed E-state index contributed by atoms with van der Waals surface area (Å²) in [5.74, 6) is -0.455. The van der Waals surface area contributed by atoms with E-state index in [0.29, 0.717) is 0 Å². The molecule has 6 heteroatoms. The molecule has 6 nitrogen and oxygen atoms in total. The predicted molar refractivity (Wildman–Crippen MR) is 109 cm³/mol. The van der Waals surface area contributed by atoms with E-state index in [1.807, 2.05) is 74.5 Å². The number of nitrogens with one attached hydrogen (secondary N) is 2. The molecule has 0 fully saturated rings. The molecule has 0 radical (unpaired) electrons. The third kappa shape index (κ3) is 6.61. The van der Waals surface area contributed by atoms with Crippen LogP contribution in [0.25, 0.3) is 0 Å². The van der Waals surface area contributed by atoms with Crippen LogP contribution >= 0.6 is 0 Å². The molecule has 0 aliphatic rings. The van der Waals surface area contributed by atoms with Crippen LogP contribution in [0.4, 0.5) is 10.5 Å². The number of benzene rings is 2. The fraction of sp³-hybridized carbons (Fsp3) is 0.364. The summed E-state index contributed by atoms with van der Waals surface area (Å²) < 4.78 is 10.5. The average molecular weight is 384 g/mol. The second-order valence-corrected chi connectivity index (χ2v) is 6.72. The van der Waals surface area contributed by atoms with Crippen molar-refractivity contribution in [3.05, 3.63) is 66.2 Å². The highest BCUT2D eigenvalue weighted by Gasteiger charge is 2.33. The Kier molecular flexibility index (Phi) is 8.34. The minimum Gasteiger partial charge on any atom is -0.464 e. The van der Waals surface area contributed by atoms with Crippen LogP contribution in [0.3, 0.4) is 0 Å². The van der Waals surface area contributed by atoms with E-state index in [-0.39, 0.29) is 19.1 Å². The van der Waals surface area contributed by atoms with E-state index in [0.717, 1.165) is 11.3 Å². The van der Waals surface area contributed by atoms with Gasteiger partial charge in [0.15, 0.2) is 0 Å². The first-order valence-electron chi connectivity index (χ1n) is 9.46. The van der Waals surface area contributed by atoms with Crippen LogP contribution in [0, 0.1) is 5.92 Å². The maximum absolute atomic E-state index is 12.6. The minimum absolute atomic E-state index is 0.0325. The van der Waals surface area contributed by atoms with Crippen LogP contribution in [0.1, 0.15) is 26.3 Å². The van der Waals surface area contributed by atoms with E-state index >= 15 is 0 Å². The highest BCUT2D eigenvalue weighted by atomic mass is 16.5. The molecule has 2 atom stereocenters. The molecule has 0 aliphatic heterocycles. The largest absolute Gasteiger partial charge is 0.464 e. The molecule has 2 aromatic rings. The van der Waals surface area contributed by atoms with Gasteiger partial charge in [0.1, 0.15) is 12.6 Å². The third-order valence-electron chi connectivity index (χ3n) is 4.21. The molecule has 0 heterocycles. The third-order valence-corrected chi connectivity index (χ3v) is 4.21. The summed E-state index contributed by atoms with van der Waals surface area (Å²) in [7, 11) is 0. The zero-order valence-electron chi connectivity index (χ0n) is 16.6. The first-order valence-corrected chi connectivity index (χ1v) is 9.46. The van der Waals surface area contributed by atoms with Crippen molar-refractivity contribution >= 4 is 17.7 Å². The molecule has 0 bridgehead atoms. The summed E-state index contributed by atoms with van der Waals surface area (Å²) in [5.41, 5.74) is 1.66. The predicted octanol–water partition coefficient (Wildman–Crippen LogP) is 3.98. The Morgan fingerprint density at radius 1 is 0.929 bits per heavy atom. The van der Waals surface area contributed by atoms with E-state index in [1.54, 1.807) is 6.92 Å². The molecular formula is C22H28N2O4. The van der Waals surface area contributed by atoms with Gasteiger partial charge in [0.05, 0.1) is 12.6 Å². The lowest BCUT2D eigenvalue weighted by molar-refractivity contribution is -0.145. The Morgan fingerprint density at radius 2 is 1.54 bits per heavy atom. The van der Waals surface area contributed by atoms with Crippen molar-refractivity contribution in [1.29, 1.82) is 0 Å². The Hall–Kier alpha value is -3.02. The van der Waals surface area contributed by atoms with Crippen molar-refractivity contribution in [3.63, 3.8) is 0 Å². The average Bonchev–Trinajstić information content (AvgIpc) is 2.70. The van der Waals surface area contributed by atoms with Gasteiger partial charge < -0.3 is 20.1 Å². The van der Waals surface area contributed by atoms with Crippen LogP contribution in [0.5, 0.6) is 0 Å². The maximum Gasteiger partial charge on any atom is 0.407 e. The molecule has 150 valence electrons. The smallest absolute Gasteiger partial charge is 0.407 e. The van der Waals surface area contributed by atoms with Crippen LogP contribution in [-0.2, 0) is 20.9 Å². The number of para-hydroxylation sites is 1. The molecule has 0 saturated heterocycles. The fourth-order valence-corrected chi connectivity index (χ4v) is 2.78. The summed E-state index contributed by atoms with van der Waals surface area (Å²) in [4.78, 5) is 24.9. The molecule has 1 amide bonds. The van der Waals surface area contributed by atoms with E-state index in [4.69, 9.17) is 9.47 Å². The van der Waals surface area contributed by atoms with Gasteiger partial charge in [0, 0.05) is 5.69 Å². The van der Waals surface area contributed by atoms with E-state index in [2.05, 4.69) is 10.6 Å². The zero-order chi connectivity index (χ0) is 20.4. The number of amides is 1. The van der Waals surface area contributed by atoms with Gasteiger partial charge in [-0.2, -0.15) is 0 Å². The van der Waals surface area contributed by atoms with Gasteiger partial charge in [-0.25, -0.2) is 9.59 Å². The Balaban J connectivity index is 2.08. The van der Waals surface area contributed by atoms with Gasteiger partial charge in [0.2, 0.25) is 0 Å². The van der Waals surface area contributed by atoms with Crippen molar-refractivity contribution in [3.8, 4) is 0 Å². The quantitative estimate of drug-likeness (QED) is 0.640. The van der Waals surface area contributed by atoms with Gasteiger partial charge >= 0.3 is 12.1 Å². The first kappa shape index (κ1) is 21.3. The van der Waals surface area contributed by atoms with E-state index in [1.165, 1.54) is 0 Å². The van der Waals surface area contributed by atoms with Gasteiger partial charge in [-0.05, 0) is 30.5 Å². The SMILES string of the molecule is CCOC(=O)C(Nc1ccccc1)C(NC(=O)OCc1ccccc1)C(C)C. The number of ether oxygens (including phenoxy) is 2. The van der Waals surface area contributed by atoms with Crippen LogP contribution in [0.2, 0.25) is 0 Å². The number of alkyl carbamates (subject to hydrolysis) is 1. The van der Waals surface area contributed by atoms with Crippen molar-refractivity contribution in [2.45, 2.75) is 39.5 Å². The van der Waals surface area contributed by atoms with Crippen LogP contribution in [0.15, 0.2) is 60.7 Å². The van der Waals surface area contributed by atoms with Gasteiger partial charge in [-0.3, -0.25) is 0 Å². The number of anilines is 1. The van der Waals surface area contributed by atoms with E-state index in [9.17, 15) is 9.59 Å². The van der Waals surface area contributed by atoms with Crippen LogP contribution in [-0.4, -0.2) is 30.8 Å². The number of hydrogen-bond donors (Lipinski definition) is 2. The number of carbonyl (C=O) groups is 2. The second-order valence-electron chi connectivity index (χ2n) is 6.72. The van der Waals surface area contributed by atoms with Crippen molar-refractivity contribution < 1.29 is 19.1 Å². The molecule has 28 heavy (non-hydrogen) atoms. The molecule has 2 aromatic carbocycles. The number of carbonyl (C=O) groups excluding carboxylic acids is 2. The summed E-state index contributed by atoms with van der Waals surface area (Å²) in [5, 5.41) is 6.00. The summed E-state index contributed by atoms with van der Waals surface area (Å²) in [6.07, 6.45) is -0.577. The molecule has 0 aromatic heterocycles. The number of esters is 1. The summed E-state index contributed by atoms with van der Waals surface area (Å²) >= 11 is 0. The van der Waals surface area contributed by atoms with Crippen molar-refractivity contribution in [1.82, 2.24) is 5.32 Å². The lowest BCUT2D eigenvalue weighted by atomic mass is 9.96. The highest BCUT2D eigenvalue weighted by Crippen LogP contribution is 2.16. The standard InChI is InChI=1S/C22H28N2O4/c1-4-27-21(25)20(23-18-13-9-6-10-14-18)19(16(2)3)24-22(26)28-15-17-11-7-5-8-12-17/h5-14,16,19-20,23H,4,15H2,1-3H3,(H,24,26). The molecule has 2 N–H and O–H groups in total. The molecule has 2 unspecified atom stereocenters. The molecular weight excluding hydrogens is 356 g/mol. The fourth-order valence-electron chi connectivity index (χ4n) is 2.78. The molecule has 0 saturated carbocycles. The molecule has 0 aliphatic carbocycles. The van der Waals surface area contributed by atoms with Crippen LogP contribution < -0.4 is 10.6 Å². The van der Waals surface area contributed by atoms with Crippen molar-refractivity contribution in [2.75, 3.05) is 11.9 Å². The lowest BCUT2D eigenvalue weighted by Crippen LogP contribution is -2.54. The molecule has 0 spiro atoms. The van der Waals surface area contributed by atoms with Gasteiger partial charge in [-0.1, -0.05) is 62.4 Å². The topological polar surface area (TPSA) is 76.7 Å². The highest BCUT2D eigenvalue weighted by molar-refractivity contribution is 5.81. The van der Waals surface area contributed by atoms with Gasteiger partial charge in [0.25, 0.3) is 0 Å². The Bertz CT molecular complexity index is 735. The normalized spacial score (nSPS) is 12.7. The van der Waals surface area contributed by atoms with Crippen molar-refractivity contribution in [2.24, 2.45) is 5.92 Å². The molecule has 2 rings (SSSR count). The van der Waals surface area contributed by atoms with E-state index < -0.39 is 24.1 Å². The van der Waals surface area contributed by atoms with Gasteiger partial charge in [-0.15, -0.1) is 0 Å². The zero-order valence-corrected chi connectivity index (χ0v) is 16.6. The Labute approximate surface area is 166 Å². The second kappa shape index (κ2) is 11.0. The number of hydrogen-bond acceptors (Lipinski definition) is 5. The maximum atomic E-state index is 12.6.